The van der Waals surface area contributed by atoms with Crippen LogP contribution in [-0.4, -0.2) is 48.0 Å². The quantitative estimate of drug-likeness (QED) is 0.296. The van der Waals surface area contributed by atoms with Gasteiger partial charge in [0.1, 0.15) is 4.32 Å². The van der Waals surface area contributed by atoms with Crippen molar-refractivity contribution in [2.24, 2.45) is 5.92 Å². The number of ether oxygens (including phenoxy) is 3. The lowest BCUT2D eigenvalue weighted by Gasteiger charge is -2.23. The largest absolute Gasteiger partial charge is 0.490 e. The molecule has 3 rings (SSSR count). The number of amides is 1. The van der Waals surface area contributed by atoms with Crippen molar-refractivity contribution >= 4 is 46.3 Å². The molecule has 8 heteroatoms. The Bertz CT molecular complexity index is 848. The van der Waals surface area contributed by atoms with E-state index in [0.717, 1.165) is 12.0 Å². The van der Waals surface area contributed by atoms with Gasteiger partial charge in [0.05, 0.1) is 18.6 Å². The van der Waals surface area contributed by atoms with Gasteiger partial charge in [0.2, 0.25) is 0 Å². The molecule has 1 aliphatic carbocycles. The zero-order valence-electron chi connectivity index (χ0n) is 18.1. The molecule has 168 valence electrons. The first-order chi connectivity index (χ1) is 15.0. The van der Waals surface area contributed by atoms with E-state index < -0.39 is 5.97 Å². The highest BCUT2D eigenvalue weighted by atomic mass is 32.2. The molecule has 0 aromatic heterocycles. The van der Waals surface area contributed by atoms with E-state index >= 15 is 0 Å². The third-order valence-electron chi connectivity index (χ3n) is 5.50. The van der Waals surface area contributed by atoms with Crippen LogP contribution < -0.4 is 9.47 Å². The predicted molar refractivity (Wildman–Crippen MR) is 126 cm³/mol. The van der Waals surface area contributed by atoms with Crippen molar-refractivity contribution in [3.63, 3.8) is 0 Å². The maximum atomic E-state index is 12.9. The normalized spacial score (nSPS) is 18.5. The summed E-state index contributed by atoms with van der Waals surface area (Å²) < 4.78 is 16.4. The van der Waals surface area contributed by atoms with Gasteiger partial charge in [-0.05, 0) is 43.0 Å². The van der Waals surface area contributed by atoms with Gasteiger partial charge in [-0.15, -0.1) is 0 Å². The molecule has 0 bridgehead atoms. The molecular weight excluding hydrogens is 434 g/mol. The van der Waals surface area contributed by atoms with Gasteiger partial charge in [-0.2, -0.15) is 0 Å². The number of carbonyl (C=O) groups excluding carboxylic acids is 2. The maximum absolute atomic E-state index is 12.9. The summed E-state index contributed by atoms with van der Waals surface area (Å²) in [5.41, 5.74) is 0.807. The number of rotatable bonds is 9. The number of hydrogen-bond acceptors (Lipinski definition) is 7. The molecule has 1 saturated carbocycles. The second kappa shape index (κ2) is 11.5. The molecule has 1 aromatic rings. The summed E-state index contributed by atoms with van der Waals surface area (Å²) in [5.74, 6) is 1.16. The number of thioether (sulfide) groups is 1. The SMILES string of the molecule is CCOc1cc(/C=C2\SC(=S)N(CCC3CCCCC3)C2=O)ccc1OCC(=O)OC. The second-order valence-electron chi connectivity index (χ2n) is 7.63. The minimum absolute atomic E-state index is 0.0326. The Balaban J connectivity index is 1.68. The molecular formula is C23H29NO5S2. The molecule has 2 fully saturated rings. The Kier molecular flexibility index (Phi) is 8.78. The Morgan fingerprint density at radius 3 is 2.71 bits per heavy atom. The summed E-state index contributed by atoms with van der Waals surface area (Å²) in [6.07, 6.45) is 9.28. The predicted octanol–water partition coefficient (Wildman–Crippen LogP) is 4.81. The van der Waals surface area contributed by atoms with E-state index in [-0.39, 0.29) is 12.5 Å². The number of nitrogens with zero attached hydrogens (tertiary/aromatic N) is 1. The number of thiocarbonyl (C=S) groups is 1. The summed E-state index contributed by atoms with van der Waals surface area (Å²) in [7, 11) is 1.31. The zero-order chi connectivity index (χ0) is 22.2. The van der Waals surface area contributed by atoms with E-state index in [2.05, 4.69) is 4.74 Å². The second-order valence-corrected chi connectivity index (χ2v) is 9.31. The lowest BCUT2D eigenvalue weighted by Crippen LogP contribution is -2.30. The lowest BCUT2D eigenvalue weighted by atomic mass is 9.87. The third kappa shape index (κ3) is 6.46. The standard InChI is InChI=1S/C23H29NO5S2/c1-3-28-19-13-17(9-10-18(19)29-15-21(25)27-2)14-20-22(26)24(23(30)31-20)12-11-16-7-5-4-6-8-16/h9-10,13-14,16H,3-8,11-12,15H2,1-2H3/b20-14-. The average Bonchev–Trinajstić information content (AvgIpc) is 3.04. The smallest absolute Gasteiger partial charge is 0.343 e. The first kappa shape index (κ1) is 23.6. The maximum Gasteiger partial charge on any atom is 0.343 e. The monoisotopic (exact) mass is 463 g/mol. The van der Waals surface area contributed by atoms with Gasteiger partial charge < -0.3 is 14.2 Å². The van der Waals surface area contributed by atoms with Crippen molar-refractivity contribution < 1.29 is 23.8 Å². The van der Waals surface area contributed by atoms with Gasteiger partial charge in [-0.25, -0.2) is 4.79 Å². The van der Waals surface area contributed by atoms with E-state index in [0.29, 0.717) is 39.8 Å². The number of esters is 1. The Hall–Kier alpha value is -2.06. The molecule has 0 unspecified atom stereocenters. The highest BCUT2D eigenvalue weighted by Gasteiger charge is 2.32. The minimum atomic E-state index is -0.469. The van der Waals surface area contributed by atoms with Crippen molar-refractivity contribution in [1.29, 1.82) is 0 Å². The van der Waals surface area contributed by atoms with Gasteiger partial charge >= 0.3 is 5.97 Å². The molecule has 0 spiro atoms. The Labute approximate surface area is 193 Å². The Morgan fingerprint density at radius 1 is 1.23 bits per heavy atom. The molecule has 2 aliphatic rings. The third-order valence-corrected chi connectivity index (χ3v) is 6.88. The number of benzene rings is 1. The van der Waals surface area contributed by atoms with Gasteiger partial charge in [-0.3, -0.25) is 9.69 Å². The molecule has 1 heterocycles. The van der Waals surface area contributed by atoms with Crippen LogP contribution in [0.5, 0.6) is 11.5 Å². The van der Waals surface area contributed by atoms with E-state index in [1.165, 1.54) is 51.0 Å². The van der Waals surface area contributed by atoms with Crippen LogP contribution in [0.2, 0.25) is 0 Å². The van der Waals surface area contributed by atoms with Crippen LogP contribution >= 0.6 is 24.0 Å². The molecule has 0 N–H and O–H groups in total. The van der Waals surface area contributed by atoms with Gasteiger partial charge in [-0.1, -0.05) is 62.2 Å². The van der Waals surface area contributed by atoms with Crippen molar-refractivity contribution in [3.05, 3.63) is 28.7 Å². The fraction of sp³-hybridized carbons (Fsp3) is 0.522. The lowest BCUT2D eigenvalue weighted by molar-refractivity contribution is -0.142. The first-order valence-corrected chi connectivity index (χ1v) is 12.0. The number of hydrogen-bond donors (Lipinski definition) is 0. The van der Waals surface area contributed by atoms with Crippen LogP contribution in [0.25, 0.3) is 6.08 Å². The van der Waals surface area contributed by atoms with Crippen LogP contribution in [-0.2, 0) is 14.3 Å². The molecule has 0 atom stereocenters. The topological polar surface area (TPSA) is 65.1 Å². The van der Waals surface area contributed by atoms with E-state index in [4.69, 9.17) is 21.7 Å². The van der Waals surface area contributed by atoms with Crippen molar-refractivity contribution in [2.45, 2.75) is 45.4 Å². The van der Waals surface area contributed by atoms with E-state index in [1.54, 1.807) is 17.0 Å². The van der Waals surface area contributed by atoms with Crippen LogP contribution in [0.3, 0.4) is 0 Å². The van der Waals surface area contributed by atoms with Crippen LogP contribution in [0.1, 0.15) is 51.0 Å². The van der Waals surface area contributed by atoms with Crippen molar-refractivity contribution in [3.8, 4) is 11.5 Å². The highest BCUT2D eigenvalue weighted by molar-refractivity contribution is 8.26. The number of carbonyl (C=O) groups is 2. The Morgan fingerprint density at radius 2 is 2.00 bits per heavy atom. The number of methoxy groups -OCH3 is 1. The van der Waals surface area contributed by atoms with Crippen LogP contribution in [0.4, 0.5) is 0 Å². The van der Waals surface area contributed by atoms with Gasteiger partial charge in [0.25, 0.3) is 5.91 Å². The van der Waals surface area contributed by atoms with Crippen LogP contribution in [0, 0.1) is 5.92 Å². The average molecular weight is 464 g/mol. The van der Waals surface area contributed by atoms with E-state index in [1.807, 2.05) is 19.1 Å². The molecule has 0 radical (unpaired) electrons. The molecule has 1 amide bonds. The zero-order valence-corrected chi connectivity index (χ0v) is 19.7. The summed E-state index contributed by atoms with van der Waals surface area (Å²) in [5, 5.41) is 0. The molecule has 1 saturated heterocycles. The molecule has 1 aliphatic heterocycles. The molecule has 31 heavy (non-hydrogen) atoms. The summed E-state index contributed by atoms with van der Waals surface area (Å²) in [6, 6.07) is 5.35. The minimum Gasteiger partial charge on any atom is -0.490 e. The molecule has 1 aromatic carbocycles. The summed E-state index contributed by atoms with van der Waals surface area (Å²) in [6.45, 7) is 2.81. The van der Waals surface area contributed by atoms with Crippen molar-refractivity contribution in [2.75, 3.05) is 26.9 Å². The fourth-order valence-electron chi connectivity index (χ4n) is 3.83. The van der Waals surface area contributed by atoms with Crippen molar-refractivity contribution in [1.82, 2.24) is 4.90 Å². The summed E-state index contributed by atoms with van der Waals surface area (Å²) >= 11 is 6.81. The van der Waals surface area contributed by atoms with Gasteiger partial charge in [0, 0.05) is 6.54 Å². The fourth-order valence-corrected chi connectivity index (χ4v) is 5.14. The molecule has 6 nitrogen and oxygen atoms in total. The van der Waals surface area contributed by atoms with Crippen LogP contribution in [0.15, 0.2) is 23.1 Å². The highest BCUT2D eigenvalue weighted by Crippen LogP contribution is 2.36. The van der Waals surface area contributed by atoms with Gasteiger partial charge in [0.15, 0.2) is 18.1 Å². The summed E-state index contributed by atoms with van der Waals surface area (Å²) in [4.78, 5) is 26.6. The van der Waals surface area contributed by atoms with E-state index in [9.17, 15) is 9.59 Å². The first-order valence-electron chi connectivity index (χ1n) is 10.7.